The fourth-order valence-corrected chi connectivity index (χ4v) is 2.38. The summed E-state index contributed by atoms with van der Waals surface area (Å²) in [7, 11) is 1.45. The van der Waals surface area contributed by atoms with Crippen molar-refractivity contribution < 1.29 is 9.13 Å². The molecule has 0 aliphatic carbocycles. The van der Waals surface area contributed by atoms with Crippen molar-refractivity contribution in [2.45, 2.75) is 19.4 Å². The molecule has 0 radical (unpaired) electrons. The summed E-state index contributed by atoms with van der Waals surface area (Å²) in [6.07, 6.45) is 0.402. The van der Waals surface area contributed by atoms with Crippen LogP contribution in [-0.2, 0) is 6.42 Å². The van der Waals surface area contributed by atoms with Gasteiger partial charge in [0.25, 0.3) is 0 Å². The van der Waals surface area contributed by atoms with Gasteiger partial charge in [-0.15, -0.1) is 0 Å². The third kappa shape index (κ3) is 3.53. The first kappa shape index (κ1) is 15.8. The predicted octanol–water partition coefficient (Wildman–Crippen LogP) is 3.54. The lowest BCUT2D eigenvalue weighted by Crippen LogP contribution is -2.29. The van der Waals surface area contributed by atoms with Gasteiger partial charge in [-0.25, -0.2) is 4.39 Å². The molecule has 1 unspecified atom stereocenters. The van der Waals surface area contributed by atoms with E-state index in [1.54, 1.807) is 18.2 Å². The second kappa shape index (κ2) is 6.89. The molecule has 0 saturated carbocycles. The molecular formula is C16H18ClFN2O. The monoisotopic (exact) mass is 308 g/mol. The highest BCUT2D eigenvalue weighted by atomic mass is 35.5. The Labute approximate surface area is 128 Å². The van der Waals surface area contributed by atoms with Crippen molar-refractivity contribution >= 4 is 11.6 Å². The molecule has 0 aliphatic rings. The average Bonchev–Trinajstić information content (AvgIpc) is 2.49. The minimum absolute atomic E-state index is 0.227. The lowest BCUT2D eigenvalue weighted by Gasteiger charge is -2.18. The van der Waals surface area contributed by atoms with Crippen LogP contribution in [0.2, 0.25) is 5.02 Å². The van der Waals surface area contributed by atoms with Crippen LogP contribution in [0.15, 0.2) is 36.4 Å². The van der Waals surface area contributed by atoms with E-state index in [1.807, 2.05) is 25.1 Å². The largest absolute Gasteiger partial charge is 0.494 e. The quantitative estimate of drug-likeness (QED) is 0.656. The summed E-state index contributed by atoms with van der Waals surface area (Å²) < 4.78 is 19.2. The van der Waals surface area contributed by atoms with Crippen LogP contribution in [0, 0.1) is 12.7 Å². The maximum Gasteiger partial charge on any atom is 0.168 e. The fraction of sp³-hybridized carbons (Fsp3) is 0.250. The molecule has 0 amide bonds. The molecule has 0 bridgehead atoms. The van der Waals surface area contributed by atoms with Crippen LogP contribution in [-0.4, -0.2) is 7.11 Å². The van der Waals surface area contributed by atoms with Crippen molar-refractivity contribution in [3.8, 4) is 5.75 Å². The Morgan fingerprint density at radius 1 is 1.33 bits per heavy atom. The number of ether oxygens (including phenoxy) is 1. The SMILES string of the molecule is COc1cccc(CC(NN)c2ccc(C)c(Cl)c2)c1F. The number of rotatable bonds is 5. The van der Waals surface area contributed by atoms with E-state index in [9.17, 15) is 4.39 Å². The van der Waals surface area contributed by atoms with Gasteiger partial charge in [-0.05, 0) is 42.2 Å². The normalized spacial score (nSPS) is 12.2. The number of hydrazine groups is 1. The number of benzene rings is 2. The lowest BCUT2D eigenvalue weighted by molar-refractivity contribution is 0.382. The van der Waals surface area contributed by atoms with Crippen molar-refractivity contribution in [3.63, 3.8) is 0 Å². The van der Waals surface area contributed by atoms with Gasteiger partial charge in [0.2, 0.25) is 0 Å². The zero-order chi connectivity index (χ0) is 15.4. The van der Waals surface area contributed by atoms with Crippen molar-refractivity contribution in [2.75, 3.05) is 7.11 Å². The van der Waals surface area contributed by atoms with E-state index < -0.39 is 0 Å². The molecule has 0 aliphatic heterocycles. The summed E-state index contributed by atoms with van der Waals surface area (Å²) in [5.41, 5.74) is 5.15. The van der Waals surface area contributed by atoms with Gasteiger partial charge >= 0.3 is 0 Å². The van der Waals surface area contributed by atoms with Crippen molar-refractivity contribution in [2.24, 2.45) is 5.84 Å². The Kier molecular flexibility index (Phi) is 5.17. The number of aryl methyl sites for hydroxylation is 1. The van der Waals surface area contributed by atoms with Gasteiger partial charge in [0.05, 0.1) is 13.2 Å². The molecule has 3 nitrogen and oxygen atoms in total. The van der Waals surface area contributed by atoms with Gasteiger partial charge in [-0.3, -0.25) is 11.3 Å². The maximum atomic E-state index is 14.2. The molecule has 0 fully saturated rings. The van der Waals surface area contributed by atoms with E-state index in [0.717, 1.165) is 11.1 Å². The summed E-state index contributed by atoms with van der Waals surface area (Å²) in [6.45, 7) is 1.93. The van der Waals surface area contributed by atoms with Gasteiger partial charge < -0.3 is 4.74 Å². The van der Waals surface area contributed by atoms with Crippen LogP contribution >= 0.6 is 11.6 Å². The molecule has 2 aromatic carbocycles. The van der Waals surface area contributed by atoms with Gasteiger partial charge in [-0.1, -0.05) is 35.9 Å². The minimum Gasteiger partial charge on any atom is -0.494 e. The predicted molar refractivity (Wildman–Crippen MR) is 82.9 cm³/mol. The number of halogens is 2. The van der Waals surface area contributed by atoms with Crippen LogP contribution in [0.1, 0.15) is 22.7 Å². The van der Waals surface area contributed by atoms with E-state index in [-0.39, 0.29) is 17.6 Å². The molecule has 2 aromatic rings. The van der Waals surface area contributed by atoms with Gasteiger partial charge in [0.1, 0.15) is 0 Å². The van der Waals surface area contributed by atoms with E-state index >= 15 is 0 Å². The van der Waals surface area contributed by atoms with Crippen LogP contribution in [0.5, 0.6) is 5.75 Å². The second-order valence-corrected chi connectivity index (χ2v) is 5.27. The molecule has 0 heterocycles. The lowest BCUT2D eigenvalue weighted by atomic mass is 9.98. The third-order valence-electron chi connectivity index (χ3n) is 3.49. The maximum absolute atomic E-state index is 14.2. The van der Waals surface area contributed by atoms with Crippen LogP contribution in [0.25, 0.3) is 0 Å². The minimum atomic E-state index is -0.363. The van der Waals surface area contributed by atoms with Gasteiger partial charge in [0, 0.05) is 5.02 Å². The first-order chi connectivity index (χ1) is 10.1. The smallest absolute Gasteiger partial charge is 0.168 e. The average molecular weight is 309 g/mol. The van der Waals surface area contributed by atoms with E-state index in [0.29, 0.717) is 17.0 Å². The number of nitrogens with one attached hydrogen (secondary N) is 1. The number of nitrogens with two attached hydrogens (primary N) is 1. The molecule has 5 heteroatoms. The summed E-state index contributed by atoms with van der Waals surface area (Å²) in [4.78, 5) is 0. The summed E-state index contributed by atoms with van der Waals surface area (Å²) in [6, 6.07) is 10.5. The number of hydrogen-bond donors (Lipinski definition) is 2. The Hall–Kier alpha value is -1.62. The highest BCUT2D eigenvalue weighted by molar-refractivity contribution is 6.31. The highest BCUT2D eigenvalue weighted by Gasteiger charge is 2.16. The first-order valence-electron chi connectivity index (χ1n) is 6.60. The third-order valence-corrected chi connectivity index (χ3v) is 3.89. The van der Waals surface area contributed by atoms with Crippen molar-refractivity contribution in [1.82, 2.24) is 5.43 Å². The molecule has 0 saturated heterocycles. The molecule has 112 valence electrons. The Bertz CT molecular complexity index is 634. The number of hydrogen-bond acceptors (Lipinski definition) is 3. The van der Waals surface area contributed by atoms with Crippen LogP contribution in [0.3, 0.4) is 0 Å². The molecular weight excluding hydrogens is 291 g/mol. The van der Waals surface area contributed by atoms with E-state index in [2.05, 4.69) is 5.43 Å². The zero-order valence-corrected chi connectivity index (χ0v) is 12.7. The summed E-state index contributed by atoms with van der Waals surface area (Å²) in [5, 5.41) is 0.666. The van der Waals surface area contributed by atoms with Gasteiger partial charge in [-0.2, -0.15) is 0 Å². The van der Waals surface area contributed by atoms with Gasteiger partial charge in [0.15, 0.2) is 11.6 Å². The standard InChI is InChI=1S/C16H18ClFN2O/c1-10-6-7-11(8-13(10)17)14(20-19)9-12-4-3-5-15(21-2)16(12)18/h3-8,14,20H,9,19H2,1-2H3. The van der Waals surface area contributed by atoms with Crippen LogP contribution in [0.4, 0.5) is 4.39 Å². The number of methoxy groups -OCH3 is 1. The zero-order valence-electron chi connectivity index (χ0n) is 12.0. The summed E-state index contributed by atoms with van der Waals surface area (Å²) in [5.74, 6) is 5.48. The Balaban J connectivity index is 2.29. The van der Waals surface area contributed by atoms with Crippen molar-refractivity contribution in [1.29, 1.82) is 0 Å². The molecule has 21 heavy (non-hydrogen) atoms. The van der Waals surface area contributed by atoms with E-state index in [4.69, 9.17) is 22.2 Å². The molecule has 0 spiro atoms. The fourth-order valence-electron chi connectivity index (χ4n) is 2.19. The molecule has 2 rings (SSSR count). The first-order valence-corrected chi connectivity index (χ1v) is 6.98. The Morgan fingerprint density at radius 3 is 2.71 bits per heavy atom. The summed E-state index contributed by atoms with van der Waals surface area (Å²) >= 11 is 6.13. The molecule has 1 atom stereocenters. The highest BCUT2D eigenvalue weighted by Crippen LogP contribution is 2.27. The van der Waals surface area contributed by atoms with E-state index in [1.165, 1.54) is 7.11 Å². The second-order valence-electron chi connectivity index (χ2n) is 4.87. The molecule has 0 aromatic heterocycles. The topological polar surface area (TPSA) is 47.3 Å². The molecule has 3 N–H and O–H groups in total. The Morgan fingerprint density at radius 2 is 2.10 bits per heavy atom. The van der Waals surface area contributed by atoms with Crippen LogP contribution < -0.4 is 16.0 Å². The van der Waals surface area contributed by atoms with Crippen molar-refractivity contribution in [3.05, 3.63) is 63.9 Å².